The number of methoxy groups -OCH3 is 1. The fourth-order valence-electron chi connectivity index (χ4n) is 11.9. The van der Waals surface area contributed by atoms with Crippen molar-refractivity contribution < 1.29 is 27.7 Å². The molecule has 4 unspecified atom stereocenters. The highest BCUT2D eigenvalue weighted by Crippen LogP contribution is 2.76. The van der Waals surface area contributed by atoms with Crippen molar-refractivity contribution in [3.05, 3.63) is 11.6 Å². The second-order valence-corrected chi connectivity index (χ2v) is 18.7. The summed E-state index contributed by atoms with van der Waals surface area (Å²) in [5, 5.41) is 10.2. The van der Waals surface area contributed by atoms with Gasteiger partial charge in [0, 0.05) is 19.4 Å². The number of allylic oxidation sites excluding steroid dienone is 1. The van der Waals surface area contributed by atoms with Crippen LogP contribution in [0.1, 0.15) is 114 Å². The second kappa shape index (κ2) is 11.3. The Labute approximate surface area is 266 Å². The van der Waals surface area contributed by atoms with Crippen LogP contribution >= 0.6 is 7.82 Å². The fourth-order valence-corrected chi connectivity index (χ4v) is 13.2. The average molecular weight is 632 g/mol. The molecule has 9 atom stereocenters. The van der Waals surface area contributed by atoms with Crippen LogP contribution in [-0.4, -0.2) is 38.8 Å². The molecule has 8 heteroatoms. The molecule has 0 bridgehead atoms. The van der Waals surface area contributed by atoms with E-state index in [2.05, 4.69) is 60.6 Å². The Balaban J connectivity index is 1.56. The third-order valence-electron chi connectivity index (χ3n) is 14.1. The zero-order valence-corrected chi connectivity index (χ0v) is 30.0. The Kier molecular flexibility index (Phi) is 8.81. The van der Waals surface area contributed by atoms with E-state index >= 15 is 0 Å². The van der Waals surface area contributed by atoms with Crippen LogP contribution in [-0.2, 0) is 27.7 Å². The van der Waals surface area contributed by atoms with Gasteiger partial charge >= 0.3 is 7.82 Å². The first-order valence-electron chi connectivity index (χ1n) is 17.1. The molecule has 0 N–H and O–H groups in total. The number of hydrogen-bond acceptors (Lipinski definition) is 7. The topological polar surface area (TPSA) is 94.9 Å². The summed E-state index contributed by atoms with van der Waals surface area (Å²) in [6, 6.07) is 2.49. The zero-order chi connectivity index (χ0) is 32.6. The van der Waals surface area contributed by atoms with E-state index in [1.165, 1.54) is 0 Å². The molecule has 4 fully saturated rings. The summed E-state index contributed by atoms with van der Waals surface area (Å²) in [5.74, 6) is 0.906. The normalized spacial score (nSPS) is 44.3. The molecule has 0 spiro atoms. The summed E-state index contributed by atoms with van der Waals surface area (Å²) in [6.45, 7) is 20.8. The number of ketones is 1. The number of nitriles is 1. The van der Waals surface area contributed by atoms with Crippen LogP contribution in [0.3, 0.4) is 0 Å². The predicted molar refractivity (Wildman–Crippen MR) is 172 cm³/mol. The van der Waals surface area contributed by atoms with E-state index in [0.29, 0.717) is 30.3 Å². The van der Waals surface area contributed by atoms with Crippen LogP contribution in [0.2, 0.25) is 0 Å². The van der Waals surface area contributed by atoms with E-state index in [0.717, 1.165) is 44.9 Å². The maximum Gasteiger partial charge on any atom is 0.474 e. The van der Waals surface area contributed by atoms with Crippen LogP contribution in [0.25, 0.3) is 0 Å². The van der Waals surface area contributed by atoms with Crippen molar-refractivity contribution >= 4 is 13.6 Å². The van der Waals surface area contributed by atoms with Gasteiger partial charge in [-0.3, -0.25) is 18.4 Å². The lowest BCUT2D eigenvalue weighted by atomic mass is 9.31. The molecule has 0 heterocycles. The highest BCUT2D eigenvalue weighted by Gasteiger charge is 2.72. The van der Waals surface area contributed by atoms with Gasteiger partial charge in [0.05, 0.1) is 37.6 Å². The van der Waals surface area contributed by atoms with Gasteiger partial charge in [0.25, 0.3) is 0 Å². The van der Waals surface area contributed by atoms with Gasteiger partial charge in [-0.05, 0) is 109 Å². The van der Waals surface area contributed by atoms with E-state index in [9.17, 15) is 14.6 Å². The van der Waals surface area contributed by atoms with E-state index in [1.807, 2.05) is 0 Å². The molecule has 248 valence electrons. The number of phosphoric acid groups is 1. The van der Waals surface area contributed by atoms with Crippen LogP contribution in [0.5, 0.6) is 0 Å². The smallest absolute Gasteiger partial charge is 0.375 e. The van der Waals surface area contributed by atoms with Crippen molar-refractivity contribution in [3.63, 3.8) is 0 Å². The number of nitrogens with zero attached hydrogens (tertiary/aromatic N) is 1. The molecule has 0 radical (unpaired) electrons. The van der Waals surface area contributed by atoms with Crippen molar-refractivity contribution in [2.24, 2.45) is 56.2 Å². The number of carbonyl (C=O) groups is 1. The first-order valence-corrected chi connectivity index (χ1v) is 18.6. The number of fused-ring (bicyclic) bond motifs is 7. The summed E-state index contributed by atoms with van der Waals surface area (Å²) < 4.78 is 36.6. The molecule has 0 aromatic rings. The Morgan fingerprint density at radius 3 is 2.14 bits per heavy atom. The summed E-state index contributed by atoms with van der Waals surface area (Å²) in [4.78, 5) is 14.8. The zero-order valence-electron chi connectivity index (χ0n) is 29.1. The summed E-state index contributed by atoms with van der Waals surface area (Å²) in [5.41, 5.74) is -0.153. The van der Waals surface area contributed by atoms with Crippen molar-refractivity contribution in [3.8, 4) is 6.07 Å². The molecule has 0 aromatic heterocycles. The summed E-state index contributed by atoms with van der Waals surface area (Å²) in [7, 11) is -1.96. The molecule has 5 aliphatic carbocycles. The van der Waals surface area contributed by atoms with Crippen LogP contribution in [0.15, 0.2) is 11.6 Å². The minimum Gasteiger partial charge on any atom is -0.375 e. The standard InChI is InChI=1S/C36H58NO6P/c1-11-41-44(39,42-12-2)43-23-36-17-15-31(3,4)21-25(36)29-26(38)19-28-33(7)20-24(22-37)30(40-10)32(5,6)27(33)13-14-34(28,8)35(29,9)16-18-36/h20,25,27-30H,11-19,21,23H2,1-10H3/t25?,27-,28+,29-,30?,33?,34?,35+,36+/m0/s1. The Bertz CT molecular complexity index is 1260. The molecule has 4 saturated carbocycles. The average Bonchev–Trinajstić information content (AvgIpc) is 2.93. The van der Waals surface area contributed by atoms with Gasteiger partial charge in [-0.2, -0.15) is 5.26 Å². The molecule has 5 aliphatic rings. The van der Waals surface area contributed by atoms with Gasteiger partial charge in [0.2, 0.25) is 0 Å². The molecule has 44 heavy (non-hydrogen) atoms. The SMILES string of the molecule is CCOP(=O)(OCC)OC[C@]12CCC(C)(C)CC1[C@H]1C(=O)C[C@@H]3C4(C)C=C(C#N)C(OC)C(C)(C)[C@@H]4CCC3(C)[C@]1(C)CC2. The molecule has 0 amide bonds. The van der Waals surface area contributed by atoms with Crippen LogP contribution in [0.4, 0.5) is 0 Å². The lowest BCUT2D eigenvalue weighted by Crippen LogP contribution is -2.69. The van der Waals surface area contributed by atoms with Crippen molar-refractivity contribution in [2.45, 2.75) is 120 Å². The molecule has 5 rings (SSSR count). The largest absolute Gasteiger partial charge is 0.474 e. The Hall–Kier alpha value is -1.03. The third kappa shape index (κ3) is 4.95. The van der Waals surface area contributed by atoms with Crippen molar-refractivity contribution in [1.29, 1.82) is 5.26 Å². The van der Waals surface area contributed by atoms with Gasteiger partial charge in [-0.1, -0.05) is 54.5 Å². The number of phosphoric ester groups is 1. The van der Waals surface area contributed by atoms with Gasteiger partial charge in [-0.15, -0.1) is 0 Å². The van der Waals surface area contributed by atoms with Crippen LogP contribution < -0.4 is 0 Å². The maximum atomic E-state index is 14.8. The maximum absolute atomic E-state index is 14.8. The van der Waals surface area contributed by atoms with Crippen molar-refractivity contribution in [1.82, 2.24) is 0 Å². The molecular weight excluding hydrogens is 573 g/mol. The third-order valence-corrected chi connectivity index (χ3v) is 15.7. The number of ether oxygens (including phenoxy) is 1. The molecule has 0 saturated heterocycles. The van der Waals surface area contributed by atoms with E-state index in [1.54, 1.807) is 21.0 Å². The minimum atomic E-state index is -3.68. The van der Waals surface area contributed by atoms with Crippen molar-refractivity contribution in [2.75, 3.05) is 26.9 Å². The predicted octanol–water partition coefficient (Wildman–Crippen LogP) is 8.93. The number of hydrogen-bond donors (Lipinski definition) is 0. The fraction of sp³-hybridized carbons (Fsp3) is 0.889. The molecule has 0 aliphatic heterocycles. The highest BCUT2D eigenvalue weighted by atomic mass is 31.2. The molecule has 0 aromatic carbocycles. The minimum absolute atomic E-state index is 0.0651. The molecular formula is C36H58NO6P. The summed E-state index contributed by atoms with van der Waals surface area (Å²) in [6.07, 6.45) is 9.47. The Morgan fingerprint density at radius 2 is 1.55 bits per heavy atom. The number of rotatable bonds is 8. The Morgan fingerprint density at radius 1 is 0.909 bits per heavy atom. The first-order chi connectivity index (χ1) is 20.4. The van der Waals surface area contributed by atoms with E-state index < -0.39 is 7.82 Å². The second-order valence-electron chi connectivity index (χ2n) is 17.0. The lowest BCUT2D eigenvalue weighted by molar-refractivity contribution is -0.231. The quantitative estimate of drug-likeness (QED) is 0.247. The van der Waals surface area contributed by atoms with E-state index in [-0.39, 0.29) is 69.6 Å². The number of carbonyl (C=O) groups excluding carboxylic acids is 1. The van der Waals surface area contributed by atoms with Gasteiger partial charge < -0.3 is 4.74 Å². The van der Waals surface area contributed by atoms with E-state index in [4.69, 9.17) is 18.3 Å². The molecule has 7 nitrogen and oxygen atoms in total. The van der Waals surface area contributed by atoms with Gasteiger partial charge in [0.15, 0.2) is 0 Å². The number of Topliss-reactive ketones (excluding diaryl/α,β-unsaturated/α-hetero) is 1. The summed E-state index contributed by atoms with van der Waals surface area (Å²) >= 11 is 0. The highest BCUT2D eigenvalue weighted by molar-refractivity contribution is 7.48. The van der Waals surface area contributed by atoms with Gasteiger partial charge in [-0.25, -0.2) is 4.57 Å². The van der Waals surface area contributed by atoms with Crippen LogP contribution in [0, 0.1) is 67.5 Å². The first kappa shape index (κ1) is 34.3. The lowest BCUT2D eigenvalue weighted by Gasteiger charge is -2.72. The monoisotopic (exact) mass is 631 g/mol. The van der Waals surface area contributed by atoms with Gasteiger partial charge in [0.1, 0.15) is 5.78 Å².